The summed E-state index contributed by atoms with van der Waals surface area (Å²) >= 11 is 0. The Labute approximate surface area is 94.0 Å². The molecule has 4 unspecified atom stereocenters. The van der Waals surface area contributed by atoms with Crippen LogP contribution >= 0.6 is 0 Å². The molecule has 0 aromatic rings. The topological polar surface area (TPSA) is 12.0 Å². The van der Waals surface area contributed by atoms with Crippen LogP contribution in [-0.4, -0.2) is 12.6 Å². The highest BCUT2D eigenvalue weighted by Crippen LogP contribution is 2.49. The van der Waals surface area contributed by atoms with Gasteiger partial charge in [0.2, 0.25) is 0 Å². The maximum absolute atomic E-state index is 3.81. The Bertz CT molecular complexity index is 221. The average molecular weight is 207 g/mol. The zero-order chi connectivity index (χ0) is 10.3. The molecule has 1 heteroatoms. The van der Waals surface area contributed by atoms with Crippen LogP contribution in [0.5, 0.6) is 0 Å². The van der Waals surface area contributed by atoms with Crippen molar-refractivity contribution in [3.8, 4) is 0 Å². The second kappa shape index (κ2) is 4.08. The number of rotatable bonds is 4. The highest BCUT2D eigenvalue weighted by molar-refractivity contribution is 4.94. The number of fused-ring (bicyclic) bond motifs is 2. The third kappa shape index (κ3) is 1.95. The van der Waals surface area contributed by atoms with Crippen molar-refractivity contribution in [2.24, 2.45) is 23.7 Å². The lowest BCUT2D eigenvalue weighted by Crippen LogP contribution is -2.40. The summed E-state index contributed by atoms with van der Waals surface area (Å²) in [5.74, 6) is 4.22. The SMILES string of the molecule is CC(NCC1CCC1)C1CC2CCC1C2. The monoisotopic (exact) mass is 207 g/mol. The molecule has 3 saturated carbocycles. The van der Waals surface area contributed by atoms with Gasteiger partial charge >= 0.3 is 0 Å². The molecule has 0 heterocycles. The Morgan fingerprint density at radius 1 is 1.13 bits per heavy atom. The maximum Gasteiger partial charge on any atom is 0.00698 e. The summed E-state index contributed by atoms with van der Waals surface area (Å²) in [4.78, 5) is 0. The summed E-state index contributed by atoms with van der Waals surface area (Å²) in [6, 6.07) is 0.792. The van der Waals surface area contributed by atoms with Crippen molar-refractivity contribution in [1.82, 2.24) is 5.32 Å². The summed E-state index contributed by atoms with van der Waals surface area (Å²) in [6.45, 7) is 3.74. The second-order valence-corrected chi connectivity index (χ2v) is 6.33. The molecule has 0 radical (unpaired) electrons. The van der Waals surface area contributed by atoms with Gasteiger partial charge in [0.1, 0.15) is 0 Å². The number of nitrogens with one attached hydrogen (secondary N) is 1. The van der Waals surface area contributed by atoms with Crippen molar-refractivity contribution in [2.75, 3.05) is 6.54 Å². The molecule has 3 rings (SSSR count). The van der Waals surface area contributed by atoms with Crippen LogP contribution in [0.25, 0.3) is 0 Å². The van der Waals surface area contributed by atoms with Crippen LogP contribution in [-0.2, 0) is 0 Å². The van der Waals surface area contributed by atoms with E-state index >= 15 is 0 Å². The molecule has 0 aromatic heterocycles. The van der Waals surface area contributed by atoms with E-state index in [0.717, 1.165) is 29.7 Å². The van der Waals surface area contributed by atoms with E-state index in [9.17, 15) is 0 Å². The third-order valence-electron chi connectivity index (χ3n) is 5.39. The van der Waals surface area contributed by atoms with Gasteiger partial charge in [-0.2, -0.15) is 0 Å². The predicted molar refractivity (Wildman–Crippen MR) is 63.7 cm³/mol. The largest absolute Gasteiger partial charge is 0.314 e. The van der Waals surface area contributed by atoms with Crippen LogP contribution in [0.1, 0.15) is 51.9 Å². The molecule has 0 amide bonds. The number of hydrogen-bond donors (Lipinski definition) is 1. The van der Waals surface area contributed by atoms with Gasteiger partial charge in [0.15, 0.2) is 0 Å². The summed E-state index contributed by atoms with van der Waals surface area (Å²) in [5.41, 5.74) is 0. The Balaban J connectivity index is 1.45. The van der Waals surface area contributed by atoms with Crippen molar-refractivity contribution in [3.63, 3.8) is 0 Å². The van der Waals surface area contributed by atoms with E-state index in [2.05, 4.69) is 12.2 Å². The molecule has 0 saturated heterocycles. The minimum Gasteiger partial charge on any atom is -0.314 e. The summed E-state index contributed by atoms with van der Waals surface area (Å²) in [7, 11) is 0. The van der Waals surface area contributed by atoms with Crippen LogP contribution in [0.3, 0.4) is 0 Å². The lowest BCUT2D eigenvalue weighted by molar-refractivity contribution is 0.229. The third-order valence-corrected chi connectivity index (χ3v) is 5.39. The molecule has 86 valence electrons. The van der Waals surface area contributed by atoms with Crippen molar-refractivity contribution < 1.29 is 0 Å². The first kappa shape index (κ1) is 10.1. The minimum absolute atomic E-state index is 0.792. The zero-order valence-corrected chi connectivity index (χ0v) is 10.0. The van der Waals surface area contributed by atoms with E-state index in [1.807, 2.05) is 0 Å². The van der Waals surface area contributed by atoms with Crippen LogP contribution in [0, 0.1) is 23.7 Å². The van der Waals surface area contributed by atoms with Crippen LogP contribution in [0.15, 0.2) is 0 Å². The Morgan fingerprint density at radius 2 is 2.00 bits per heavy atom. The minimum atomic E-state index is 0.792. The van der Waals surface area contributed by atoms with E-state index < -0.39 is 0 Å². The quantitative estimate of drug-likeness (QED) is 0.746. The zero-order valence-electron chi connectivity index (χ0n) is 10.0. The molecule has 15 heavy (non-hydrogen) atoms. The van der Waals surface area contributed by atoms with Crippen molar-refractivity contribution in [1.29, 1.82) is 0 Å². The lowest BCUT2D eigenvalue weighted by Gasteiger charge is -2.32. The standard InChI is InChI=1S/C14H25N/c1-10(15-9-11-3-2-4-11)14-8-12-5-6-13(14)7-12/h10-15H,2-9H2,1H3. The summed E-state index contributed by atoms with van der Waals surface area (Å²) in [5, 5.41) is 3.81. The van der Waals surface area contributed by atoms with Gasteiger partial charge in [-0.05, 0) is 69.2 Å². The fourth-order valence-electron chi connectivity index (χ4n) is 4.11. The molecule has 0 aromatic carbocycles. The first-order valence-corrected chi connectivity index (χ1v) is 7.06. The van der Waals surface area contributed by atoms with Crippen molar-refractivity contribution in [2.45, 2.75) is 57.9 Å². The van der Waals surface area contributed by atoms with Gasteiger partial charge in [-0.15, -0.1) is 0 Å². The molecule has 0 spiro atoms. The fourth-order valence-corrected chi connectivity index (χ4v) is 4.11. The Kier molecular flexibility index (Phi) is 2.76. The molecule has 1 N–H and O–H groups in total. The molecule has 1 nitrogen and oxygen atoms in total. The maximum atomic E-state index is 3.81. The summed E-state index contributed by atoms with van der Waals surface area (Å²) < 4.78 is 0. The van der Waals surface area contributed by atoms with Gasteiger partial charge in [-0.25, -0.2) is 0 Å². The molecule has 3 aliphatic carbocycles. The molecule has 0 aliphatic heterocycles. The van der Waals surface area contributed by atoms with Gasteiger partial charge in [0, 0.05) is 6.04 Å². The molecule has 3 fully saturated rings. The van der Waals surface area contributed by atoms with Gasteiger partial charge in [0.05, 0.1) is 0 Å². The van der Waals surface area contributed by atoms with E-state index in [1.54, 1.807) is 6.42 Å². The smallest absolute Gasteiger partial charge is 0.00698 e. The van der Waals surface area contributed by atoms with Crippen LogP contribution < -0.4 is 5.32 Å². The predicted octanol–water partition coefficient (Wildman–Crippen LogP) is 3.20. The first-order chi connectivity index (χ1) is 7.33. The Morgan fingerprint density at radius 3 is 2.53 bits per heavy atom. The molecule has 2 bridgehead atoms. The summed E-state index contributed by atoms with van der Waals surface area (Å²) in [6.07, 6.45) is 10.6. The van der Waals surface area contributed by atoms with E-state index in [0.29, 0.717) is 0 Å². The van der Waals surface area contributed by atoms with Gasteiger partial charge in [0.25, 0.3) is 0 Å². The van der Waals surface area contributed by atoms with Gasteiger partial charge < -0.3 is 5.32 Å². The van der Waals surface area contributed by atoms with E-state index in [1.165, 1.54) is 45.1 Å². The second-order valence-electron chi connectivity index (χ2n) is 6.33. The Hall–Kier alpha value is -0.0400. The molecular weight excluding hydrogens is 182 g/mol. The normalized spacial score (nSPS) is 41.8. The molecular formula is C14H25N. The van der Waals surface area contributed by atoms with Gasteiger partial charge in [-0.1, -0.05) is 12.8 Å². The van der Waals surface area contributed by atoms with E-state index in [4.69, 9.17) is 0 Å². The van der Waals surface area contributed by atoms with E-state index in [-0.39, 0.29) is 0 Å². The average Bonchev–Trinajstić information content (AvgIpc) is 2.75. The first-order valence-electron chi connectivity index (χ1n) is 7.06. The molecule has 3 aliphatic rings. The molecule has 4 atom stereocenters. The number of hydrogen-bond acceptors (Lipinski definition) is 1. The highest BCUT2D eigenvalue weighted by Gasteiger charge is 2.41. The van der Waals surface area contributed by atoms with Crippen LogP contribution in [0.2, 0.25) is 0 Å². The van der Waals surface area contributed by atoms with Crippen molar-refractivity contribution >= 4 is 0 Å². The lowest BCUT2D eigenvalue weighted by atomic mass is 9.82. The highest BCUT2D eigenvalue weighted by atomic mass is 14.9. The fraction of sp³-hybridized carbons (Fsp3) is 1.00. The van der Waals surface area contributed by atoms with Crippen molar-refractivity contribution in [3.05, 3.63) is 0 Å². The van der Waals surface area contributed by atoms with Crippen LogP contribution in [0.4, 0.5) is 0 Å². The van der Waals surface area contributed by atoms with Gasteiger partial charge in [-0.3, -0.25) is 0 Å².